The normalized spacial score (nSPS) is 15.5. The fourth-order valence-electron chi connectivity index (χ4n) is 3.74. The van der Waals surface area contributed by atoms with Crippen molar-refractivity contribution >= 4 is 11.5 Å². The smallest absolute Gasteiger partial charge is 0.168 e. The summed E-state index contributed by atoms with van der Waals surface area (Å²) in [5, 5.41) is 17.4. The van der Waals surface area contributed by atoms with E-state index in [-0.39, 0.29) is 12.5 Å². The fraction of sp³-hybridized carbons (Fsp3) is 0.435. The number of pyridine rings is 2. The first-order chi connectivity index (χ1) is 15.6. The zero-order chi connectivity index (χ0) is 22.3. The molecule has 1 unspecified atom stereocenters. The van der Waals surface area contributed by atoms with Gasteiger partial charge in [-0.05, 0) is 38.0 Å². The van der Waals surface area contributed by atoms with Crippen molar-refractivity contribution in [3.63, 3.8) is 0 Å². The van der Waals surface area contributed by atoms with E-state index in [1.165, 1.54) is 0 Å². The molecule has 0 amide bonds. The Labute approximate surface area is 186 Å². The van der Waals surface area contributed by atoms with Crippen LogP contribution < -0.4 is 10.1 Å². The molecule has 32 heavy (non-hydrogen) atoms. The minimum Gasteiger partial charge on any atom is -0.454 e. The van der Waals surface area contributed by atoms with Crippen LogP contribution in [0, 0.1) is 0 Å². The van der Waals surface area contributed by atoms with Gasteiger partial charge in [0.15, 0.2) is 5.75 Å². The molecule has 1 aliphatic rings. The second-order valence-corrected chi connectivity index (χ2v) is 7.91. The summed E-state index contributed by atoms with van der Waals surface area (Å²) < 4.78 is 26.1. The number of hydrogen-bond donors (Lipinski definition) is 2. The Morgan fingerprint density at radius 2 is 2.06 bits per heavy atom. The van der Waals surface area contributed by atoms with Gasteiger partial charge in [-0.3, -0.25) is 9.67 Å². The number of anilines is 2. The van der Waals surface area contributed by atoms with E-state index in [4.69, 9.17) is 9.47 Å². The SMILES string of the molecule is CC(O)Cc1cc(Nc2cc(Oc3cn(CCF)nc3C3CCOCC3)ccn2)ccn1. The van der Waals surface area contributed by atoms with Crippen LogP contribution >= 0.6 is 0 Å². The lowest BCUT2D eigenvalue weighted by Gasteiger charge is -2.21. The van der Waals surface area contributed by atoms with Crippen molar-refractivity contribution in [2.45, 2.75) is 44.8 Å². The molecule has 0 aliphatic carbocycles. The van der Waals surface area contributed by atoms with Crippen LogP contribution in [0.3, 0.4) is 0 Å². The molecule has 0 saturated carbocycles. The first-order valence-corrected chi connectivity index (χ1v) is 10.9. The fourth-order valence-corrected chi connectivity index (χ4v) is 3.74. The minimum absolute atomic E-state index is 0.194. The topological polar surface area (TPSA) is 94.3 Å². The number of nitrogens with one attached hydrogen (secondary N) is 1. The summed E-state index contributed by atoms with van der Waals surface area (Å²) in [5.41, 5.74) is 2.45. The number of hydrogen-bond acceptors (Lipinski definition) is 7. The highest BCUT2D eigenvalue weighted by Gasteiger charge is 2.24. The summed E-state index contributed by atoms with van der Waals surface area (Å²) in [7, 11) is 0. The number of aliphatic hydroxyl groups is 1. The summed E-state index contributed by atoms with van der Waals surface area (Å²) >= 11 is 0. The first-order valence-electron chi connectivity index (χ1n) is 10.9. The van der Waals surface area contributed by atoms with Crippen LogP contribution in [0.4, 0.5) is 15.9 Å². The number of alkyl halides is 1. The molecule has 0 radical (unpaired) electrons. The monoisotopic (exact) mass is 441 g/mol. The molecule has 3 aromatic heterocycles. The molecule has 9 heteroatoms. The predicted molar refractivity (Wildman–Crippen MR) is 118 cm³/mol. The average Bonchev–Trinajstić information content (AvgIpc) is 3.17. The van der Waals surface area contributed by atoms with E-state index in [2.05, 4.69) is 20.4 Å². The maximum atomic E-state index is 12.9. The Kier molecular flexibility index (Phi) is 7.28. The second kappa shape index (κ2) is 10.5. The van der Waals surface area contributed by atoms with E-state index < -0.39 is 12.8 Å². The summed E-state index contributed by atoms with van der Waals surface area (Å²) in [6.07, 6.45) is 6.85. The average molecular weight is 442 g/mol. The molecule has 0 bridgehead atoms. The van der Waals surface area contributed by atoms with Gasteiger partial charge in [0.25, 0.3) is 0 Å². The van der Waals surface area contributed by atoms with Crippen LogP contribution in [0.2, 0.25) is 0 Å². The van der Waals surface area contributed by atoms with Crippen molar-refractivity contribution in [3.8, 4) is 11.5 Å². The number of aryl methyl sites for hydroxylation is 1. The van der Waals surface area contributed by atoms with Crippen LogP contribution in [0.25, 0.3) is 0 Å². The standard InChI is InChI=1S/C23H28FN5O3/c1-16(30)12-19-13-18(2-7-25-19)27-22-14-20(3-8-26-22)32-21-15-29(9-6-24)28-23(21)17-4-10-31-11-5-17/h2-3,7-8,13-17,30H,4-6,9-12H2,1H3,(H,25,26,27). The minimum atomic E-state index is -0.485. The number of aromatic nitrogens is 4. The highest BCUT2D eigenvalue weighted by atomic mass is 19.1. The molecule has 4 heterocycles. The van der Waals surface area contributed by atoms with Crippen molar-refractivity contribution in [1.82, 2.24) is 19.7 Å². The number of aliphatic hydroxyl groups excluding tert-OH is 1. The molecule has 1 saturated heterocycles. The van der Waals surface area contributed by atoms with E-state index in [9.17, 15) is 9.50 Å². The number of ether oxygens (including phenoxy) is 2. The molecular formula is C23H28FN5O3. The van der Waals surface area contributed by atoms with Gasteiger partial charge in [-0.25, -0.2) is 9.37 Å². The molecule has 8 nitrogen and oxygen atoms in total. The Bertz CT molecular complexity index is 1020. The highest BCUT2D eigenvalue weighted by molar-refractivity contribution is 5.57. The van der Waals surface area contributed by atoms with Crippen LogP contribution in [0.1, 0.15) is 37.1 Å². The van der Waals surface area contributed by atoms with Gasteiger partial charge in [0.1, 0.15) is 23.9 Å². The van der Waals surface area contributed by atoms with Gasteiger partial charge in [0.05, 0.1) is 18.8 Å². The van der Waals surface area contributed by atoms with Gasteiger partial charge in [-0.2, -0.15) is 5.10 Å². The first kappa shape index (κ1) is 22.2. The van der Waals surface area contributed by atoms with E-state index in [0.717, 1.165) is 29.9 Å². The molecule has 0 spiro atoms. The Balaban J connectivity index is 1.51. The molecule has 1 aliphatic heterocycles. The largest absolute Gasteiger partial charge is 0.454 e. The third-order valence-electron chi connectivity index (χ3n) is 5.23. The maximum absolute atomic E-state index is 12.9. The lowest BCUT2D eigenvalue weighted by molar-refractivity contribution is 0.0839. The quantitative estimate of drug-likeness (QED) is 0.518. The maximum Gasteiger partial charge on any atom is 0.168 e. The summed E-state index contributed by atoms with van der Waals surface area (Å²) in [4.78, 5) is 8.64. The van der Waals surface area contributed by atoms with E-state index in [0.29, 0.717) is 37.0 Å². The van der Waals surface area contributed by atoms with Gasteiger partial charge < -0.3 is 19.9 Å². The van der Waals surface area contributed by atoms with Crippen LogP contribution in [-0.2, 0) is 17.7 Å². The van der Waals surface area contributed by atoms with Crippen LogP contribution in [0.5, 0.6) is 11.5 Å². The van der Waals surface area contributed by atoms with Gasteiger partial charge in [-0.15, -0.1) is 0 Å². The van der Waals surface area contributed by atoms with E-state index in [1.807, 2.05) is 12.1 Å². The molecule has 170 valence electrons. The molecule has 4 rings (SSSR count). The predicted octanol–water partition coefficient (Wildman–Crippen LogP) is 4.00. The van der Waals surface area contributed by atoms with Crippen molar-refractivity contribution < 1.29 is 19.0 Å². The van der Waals surface area contributed by atoms with Gasteiger partial charge in [0.2, 0.25) is 0 Å². The molecule has 1 atom stereocenters. The van der Waals surface area contributed by atoms with Crippen molar-refractivity contribution in [2.75, 3.05) is 25.2 Å². The van der Waals surface area contributed by atoms with Gasteiger partial charge in [0, 0.05) is 55.4 Å². The number of rotatable bonds is 9. The van der Waals surface area contributed by atoms with Gasteiger partial charge >= 0.3 is 0 Å². The van der Waals surface area contributed by atoms with Crippen LogP contribution in [-0.4, -0.2) is 50.8 Å². The van der Waals surface area contributed by atoms with Crippen molar-refractivity contribution in [3.05, 3.63) is 54.2 Å². The number of nitrogens with zero attached hydrogens (tertiary/aromatic N) is 4. The van der Waals surface area contributed by atoms with Crippen molar-refractivity contribution in [1.29, 1.82) is 0 Å². The summed E-state index contributed by atoms with van der Waals surface area (Å²) in [5.74, 6) is 2.07. The molecular weight excluding hydrogens is 413 g/mol. The van der Waals surface area contributed by atoms with Gasteiger partial charge in [-0.1, -0.05) is 0 Å². The highest BCUT2D eigenvalue weighted by Crippen LogP contribution is 2.35. The molecule has 0 aromatic carbocycles. The van der Waals surface area contributed by atoms with Crippen LogP contribution in [0.15, 0.2) is 42.9 Å². The number of halogens is 1. The van der Waals surface area contributed by atoms with Crippen molar-refractivity contribution in [2.24, 2.45) is 0 Å². The Morgan fingerprint density at radius 3 is 2.84 bits per heavy atom. The van der Waals surface area contributed by atoms with E-state index in [1.54, 1.807) is 42.3 Å². The second-order valence-electron chi connectivity index (χ2n) is 7.91. The third kappa shape index (κ3) is 5.80. The molecule has 1 fully saturated rings. The summed E-state index contributed by atoms with van der Waals surface area (Å²) in [6.45, 7) is 2.81. The zero-order valence-corrected chi connectivity index (χ0v) is 18.1. The Morgan fingerprint density at radius 1 is 1.25 bits per heavy atom. The summed E-state index contributed by atoms with van der Waals surface area (Å²) in [6, 6.07) is 7.29. The lowest BCUT2D eigenvalue weighted by Crippen LogP contribution is -2.15. The third-order valence-corrected chi connectivity index (χ3v) is 5.23. The Hall–Kier alpha value is -3.04. The zero-order valence-electron chi connectivity index (χ0n) is 18.1. The van der Waals surface area contributed by atoms with E-state index >= 15 is 0 Å². The molecule has 3 aromatic rings. The molecule has 2 N–H and O–H groups in total. The lowest BCUT2D eigenvalue weighted by atomic mass is 9.96.